The van der Waals surface area contributed by atoms with E-state index in [0.29, 0.717) is 53.7 Å². The van der Waals surface area contributed by atoms with Gasteiger partial charge in [-0.05, 0) is 132 Å². The maximum atomic E-state index is 14.1. The predicted molar refractivity (Wildman–Crippen MR) is 259 cm³/mol. The Kier molecular flexibility index (Phi) is 17.0. The molecule has 4 heterocycles. The summed E-state index contributed by atoms with van der Waals surface area (Å²) in [5.41, 5.74) is 4.96. The van der Waals surface area contributed by atoms with E-state index < -0.39 is 61.9 Å². The molecule has 6 N–H and O–H groups in total. The fourth-order valence-electron chi connectivity index (χ4n) is 9.67. The topological polar surface area (TPSA) is 233 Å². The second kappa shape index (κ2) is 22.0. The SMILES string of the molecule is CC(C)=CCC/C(C)=C/CC[C@@]1(C)Oc2c(c(O)cc3c2CN([C@@H](CCCN2Cc4c(cc(OCOP(=O)(O)O)c5c4O[C@](C)(CC/C=C(\C)CCC=C(C)C)[C@@H](O)C5)C2=O)C(=O)O)C3=O)C[C@@H]1O. The van der Waals surface area contributed by atoms with E-state index in [0.717, 1.165) is 25.7 Å². The molecule has 2 aromatic rings. The summed E-state index contributed by atoms with van der Waals surface area (Å²) in [7, 11) is -4.90. The number of allylic oxidation sites excluding steroid dienone is 8. The molecule has 0 aromatic heterocycles. The van der Waals surface area contributed by atoms with Crippen LogP contribution in [0.15, 0.2) is 58.7 Å². The number of ether oxygens (including phenoxy) is 3. The lowest BCUT2D eigenvalue weighted by molar-refractivity contribution is -0.142. The minimum absolute atomic E-state index is 0.0197. The van der Waals surface area contributed by atoms with Gasteiger partial charge in [0.25, 0.3) is 11.8 Å². The molecule has 4 aliphatic rings. The molecule has 0 fully saturated rings. The van der Waals surface area contributed by atoms with Gasteiger partial charge in [-0.2, -0.15) is 0 Å². The summed E-state index contributed by atoms with van der Waals surface area (Å²) in [6, 6.07) is 1.48. The summed E-state index contributed by atoms with van der Waals surface area (Å²) in [4.78, 5) is 62.4. The highest BCUT2D eigenvalue weighted by Gasteiger charge is 2.47. The van der Waals surface area contributed by atoms with Gasteiger partial charge >= 0.3 is 13.8 Å². The summed E-state index contributed by atoms with van der Waals surface area (Å²) >= 11 is 0. The van der Waals surface area contributed by atoms with Crippen molar-refractivity contribution in [1.29, 1.82) is 0 Å². The van der Waals surface area contributed by atoms with Crippen LogP contribution in [0.1, 0.15) is 163 Å². The molecular weight excluding hydrogens is 908 g/mol. The third kappa shape index (κ3) is 12.7. The Balaban J connectivity index is 1.16. The van der Waals surface area contributed by atoms with Crippen molar-refractivity contribution in [2.24, 2.45) is 0 Å². The lowest BCUT2D eigenvalue weighted by Crippen LogP contribution is -2.49. The third-order valence-electron chi connectivity index (χ3n) is 13.9. The largest absolute Gasteiger partial charge is 0.508 e. The van der Waals surface area contributed by atoms with Gasteiger partial charge in [-0.1, -0.05) is 46.6 Å². The second-order valence-electron chi connectivity index (χ2n) is 20.1. The zero-order valence-corrected chi connectivity index (χ0v) is 42.2. The van der Waals surface area contributed by atoms with Crippen LogP contribution >= 0.6 is 7.82 Å². The first-order valence-electron chi connectivity index (χ1n) is 24.0. The quantitative estimate of drug-likeness (QED) is 0.0368. The van der Waals surface area contributed by atoms with Crippen molar-refractivity contribution in [3.63, 3.8) is 0 Å². The molecule has 0 saturated heterocycles. The summed E-state index contributed by atoms with van der Waals surface area (Å²) < 4.78 is 34.9. The number of carbonyl (C=O) groups is 3. The molecule has 0 saturated carbocycles. The van der Waals surface area contributed by atoms with Crippen LogP contribution in [0.2, 0.25) is 0 Å². The number of carbonyl (C=O) groups excluding carboxylic acids is 2. The van der Waals surface area contributed by atoms with Crippen molar-refractivity contribution in [3.05, 3.63) is 92.1 Å². The van der Waals surface area contributed by atoms with E-state index in [1.807, 2.05) is 13.8 Å². The van der Waals surface area contributed by atoms with Gasteiger partial charge in [0.2, 0.25) is 0 Å². The van der Waals surface area contributed by atoms with Crippen LogP contribution in [0.5, 0.6) is 23.0 Å². The van der Waals surface area contributed by atoms with Gasteiger partial charge in [0, 0.05) is 41.6 Å². The molecule has 5 atom stereocenters. The summed E-state index contributed by atoms with van der Waals surface area (Å²) in [6.45, 7) is 15.3. The van der Waals surface area contributed by atoms with E-state index in [1.54, 1.807) is 4.90 Å². The number of nitrogens with zero attached hydrogens (tertiary/aromatic N) is 2. The number of amides is 2. The van der Waals surface area contributed by atoms with E-state index in [2.05, 4.69) is 70.4 Å². The van der Waals surface area contributed by atoms with Crippen LogP contribution in [-0.2, 0) is 39.8 Å². The molecule has 0 unspecified atom stereocenters. The van der Waals surface area contributed by atoms with Gasteiger partial charge in [0.15, 0.2) is 6.79 Å². The molecule has 2 aromatic carbocycles. The van der Waals surface area contributed by atoms with E-state index in [9.17, 15) is 49.2 Å². The number of hydrogen-bond acceptors (Lipinski definition) is 11. The Morgan fingerprint density at radius 1 is 0.783 bits per heavy atom. The van der Waals surface area contributed by atoms with E-state index in [4.69, 9.17) is 14.2 Å². The Morgan fingerprint density at radius 2 is 1.30 bits per heavy atom. The first-order valence-corrected chi connectivity index (χ1v) is 25.5. The molecule has 16 nitrogen and oxygen atoms in total. The monoisotopic (exact) mass is 978 g/mol. The Labute approximate surface area is 405 Å². The standard InChI is InChI=1S/C52H71N2O14P/c1-31(2)14-9-16-33(5)18-11-21-51(7)44(56)26-37-42(55)24-35-40(46(37)67-51)29-54(49(35)59)41(50(60)61)20-13-23-53-28-39-36(48(53)58)25-43(65-30-66-69(62,63)64)38-27-45(57)52(8,68-47(38)39)22-12-19-34(6)17-10-15-32(3)4/h14-15,18-19,24-25,41,44-45,55-57H,9-13,16-17,20-23,26-30H2,1-8H3,(H,60,61)(H2,62,63,64)/b33-18+,34-19+/t41-,44-,45-,51+,52+/m0/s1. The lowest BCUT2D eigenvalue weighted by atomic mass is 9.84. The number of aliphatic hydroxyl groups excluding tert-OH is 2. The number of phenolic OH excluding ortho intramolecular Hbond substituents is 1. The van der Waals surface area contributed by atoms with Crippen LogP contribution in [0.25, 0.3) is 0 Å². The number of hydrogen-bond donors (Lipinski definition) is 6. The molecule has 17 heteroatoms. The van der Waals surface area contributed by atoms with Crippen molar-refractivity contribution in [3.8, 4) is 23.0 Å². The molecule has 4 aliphatic heterocycles. The van der Waals surface area contributed by atoms with Crippen LogP contribution in [0.4, 0.5) is 0 Å². The van der Waals surface area contributed by atoms with Gasteiger partial charge < -0.3 is 54.2 Å². The van der Waals surface area contributed by atoms with Crippen LogP contribution in [0.3, 0.4) is 0 Å². The number of benzene rings is 2. The number of rotatable bonds is 22. The fourth-order valence-corrected chi connectivity index (χ4v) is 9.86. The zero-order chi connectivity index (χ0) is 50.6. The maximum Gasteiger partial charge on any atom is 0.472 e. The van der Waals surface area contributed by atoms with Gasteiger partial charge in [-0.3, -0.25) is 9.59 Å². The Bertz CT molecular complexity index is 2460. The number of phenols is 1. The number of phosphoric ester groups is 1. The van der Waals surface area contributed by atoms with E-state index in [1.165, 1.54) is 39.3 Å². The highest BCUT2D eigenvalue weighted by atomic mass is 31.2. The van der Waals surface area contributed by atoms with Crippen molar-refractivity contribution >= 4 is 25.6 Å². The lowest BCUT2D eigenvalue weighted by Gasteiger charge is -2.41. The molecule has 69 heavy (non-hydrogen) atoms. The molecule has 378 valence electrons. The van der Waals surface area contributed by atoms with Crippen molar-refractivity contribution in [2.75, 3.05) is 13.3 Å². The van der Waals surface area contributed by atoms with Gasteiger partial charge in [-0.15, -0.1) is 0 Å². The minimum Gasteiger partial charge on any atom is -0.508 e. The molecule has 0 spiro atoms. The highest BCUT2D eigenvalue weighted by Crippen LogP contribution is 2.49. The summed E-state index contributed by atoms with van der Waals surface area (Å²) in [5.74, 6) is -1.76. The summed E-state index contributed by atoms with van der Waals surface area (Å²) in [6.07, 6.45) is 12.9. The van der Waals surface area contributed by atoms with Crippen molar-refractivity contribution in [1.82, 2.24) is 9.80 Å². The maximum absolute atomic E-state index is 14.1. The molecule has 0 radical (unpaired) electrons. The average molecular weight is 979 g/mol. The van der Waals surface area contributed by atoms with Crippen LogP contribution in [-0.4, -0.2) is 101 Å². The molecule has 2 amide bonds. The van der Waals surface area contributed by atoms with Crippen molar-refractivity contribution in [2.45, 2.75) is 175 Å². The number of carboxylic acid groups (broad SMARTS) is 1. The van der Waals surface area contributed by atoms with Crippen molar-refractivity contribution < 1.29 is 67.9 Å². The fraction of sp³-hybridized carbons (Fsp3) is 0.558. The van der Waals surface area contributed by atoms with E-state index in [-0.39, 0.29) is 73.7 Å². The third-order valence-corrected chi connectivity index (χ3v) is 14.4. The van der Waals surface area contributed by atoms with E-state index >= 15 is 0 Å². The average Bonchev–Trinajstić information content (AvgIpc) is 3.74. The minimum atomic E-state index is -4.90. The van der Waals surface area contributed by atoms with Gasteiger partial charge in [0.1, 0.15) is 40.2 Å². The number of aliphatic hydroxyl groups is 2. The smallest absolute Gasteiger partial charge is 0.472 e. The molecular formula is C52H71N2O14P. The van der Waals surface area contributed by atoms with Gasteiger partial charge in [-0.25, -0.2) is 13.9 Å². The number of aromatic hydroxyl groups is 1. The molecule has 6 rings (SSSR count). The Hall–Kier alpha value is -4.96. The first kappa shape index (κ1) is 53.4. The second-order valence-corrected chi connectivity index (χ2v) is 21.3. The normalized spacial score (nSPS) is 22.6. The predicted octanol–water partition coefficient (Wildman–Crippen LogP) is 8.74. The van der Waals surface area contributed by atoms with Gasteiger partial charge in [0.05, 0.1) is 36.4 Å². The molecule has 0 aliphatic carbocycles. The number of aliphatic carboxylic acids is 1. The van der Waals surface area contributed by atoms with Crippen LogP contribution in [0, 0.1) is 0 Å². The number of carboxylic acids is 1. The Morgan fingerprint density at radius 3 is 1.84 bits per heavy atom. The highest BCUT2D eigenvalue weighted by molar-refractivity contribution is 7.46. The number of fused-ring (bicyclic) bond motifs is 6. The van der Waals surface area contributed by atoms with Crippen LogP contribution < -0.4 is 14.2 Å². The zero-order valence-electron chi connectivity index (χ0n) is 41.3. The number of phosphoric acid groups is 1. The molecule has 0 bridgehead atoms. The summed E-state index contributed by atoms with van der Waals surface area (Å²) in [5, 5.41) is 44.4. The first-order chi connectivity index (χ1) is 32.4.